The van der Waals surface area contributed by atoms with Gasteiger partial charge in [-0.3, -0.25) is 9.59 Å². The van der Waals surface area contributed by atoms with Crippen molar-refractivity contribution in [2.24, 2.45) is 0 Å². The maximum Gasteiger partial charge on any atom is 0.295 e. The molecule has 1 heterocycles. The van der Waals surface area contributed by atoms with Crippen molar-refractivity contribution in [1.29, 1.82) is 0 Å². The van der Waals surface area contributed by atoms with Crippen LogP contribution < -0.4 is 9.64 Å². The first-order valence-electron chi connectivity index (χ1n) is 11.7. The molecule has 35 heavy (non-hydrogen) atoms. The molecule has 1 aliphatic rings. The van der Waals surface area contributed by atoms with Crippen LogP contribution in [0.2, 0.25) is 0 Å². The van der Waals surface area contributed by atoms with Crippen LogP contribution in [0.3, 0.4) is 0 Å². The number of amides is 1. The molecule has 0 aromatic heterocycles. The third kappa shape index (κ3) is 5.06. The van der Waals surface area contributed by atoms with E-state index in [0.717, 1.165) is 23.2 Å². The minimum absolute atomic E-state index is 0.0798. The number of ketones is 1. The number of rotatable bonds is 8. The molecular formula is C29H30N2O4. The number of hydrogen-bond donors (Lipinski definition) is 1. The quantitative estimate of drug-likeness (QED) is 0.280. The Balaban J connectivity index is 1.82. The lowest BCUT2D eigenvalue weighted by atomic mass is 9.95. The second kappa shape index (κ2) is 10.5. The summed E-state index contributed by atoms with van der Waals surface area (Å²) in [5.74, 6) is -0.931. The second-order valence-electron chi connectivity index (χ2n) is 8.77. The summed E-state index contributed by atoms with van der Waals surface area (Å²) >= 11 is 0. The summed E-state index contributed by atoms with van der Waals surface area (Å²) in [5, 5.41) is 11.3. The van der Waals surface area contributed by atoms with Crippen LogP contribution in [0.4, 0.5) is 5.69 Å². The predicted octanol–water partition coefficient (Wildman–Crippen LogP) is 5.16. The zero-order valence-corrected chi connectivity index (χ0v) is 20.3. The molecule has 1 atom stereocenters. The predicted molar refractivity (Wildman–Crippen MR) is 137 cm³/mol. The second-order valence-corrected chi connectivity index (χ2v) is 8.77. The highest BCUT2D eigenvalue weighted by Crippen LogP contribution is 2.41. The first-order valence-corrected chi connectivity index (χ1v) is 11.7. The molecule has 3 aromatic carbocycles. The van der Waals surface area contributed by atoms with Crippen LogP contribution in [0.15, 0.2) is 84.4 Å². The Morgan fingerprint density at radius 2 is 1.69 bits per heavy atom. The van der Waals surface area contributed by atoms with E-state index in [0.29, 0.717) is 17.9 Å². The number of aliphatic hydroxyl groups is 1. The van der Waals surface area contributed by atoms with E-state index in [1.54, 1.807) is 24.3 Å². The minimum Gasteiger partial charge on any atom is -0.507 e. The first-order chi connectivity index (χ1) is 16.9. The lowest BCUT2D eigenvalue weighted by Gasteiger charge is -2.26. The number of hydrogen-bond acceptors (Lipinski definition) is 5. The van der Waals surface area contributed by atoms with E-state index >= 15 is 0 Å². The van der Waals surface area contributed by atoms with Gasteiger partial charge in [-0.05, 0) is 41.8 Å². The maximum atomic E-state index is 13.3. The van der Waals surface area contributed by atoms with Crippen LogP contribution in [0, 0.1) is 0 Å². The van der Waals surface area contributed by atoms with Crippen molar-refractivity contribution >= 4 is 23.1 Å². The number of likely N-dealkylation sites (tertiary alicyclic amines) is 1. The van der Waals surface area contributed by atoms with E-state index in [1.165, 1.54) is 4.90 Å². The zero-order chi connectivity index (χ0) is 24.9. The highest BCUT2D eigenvalue weighted by molar-refractivity contribution is 6.46. The number of ether oxygens (including phenoxy) is 1. The molecule has 1 aliphatic heterocycles. The normalized spacial score (nSPS) is 17.0. The molecule has 4 rings (SSSR count). The molecule has 180 valence electrons. The molecule has 0 radical (unpaired) electrons. The van der Waals surface area contributed by atoms with Crippen molar-refractivity contribution < 1.29 is 19.4 Å². The topological polar surface area (TPSA) is 70.1 Å². The van der Waals surface area contributed by atoms with Crippen molar-refractivity contribution in [2.45, 2.75) is 25.9 Å². The van der Waals surface area contributed by atoms with Crippen LogP contribution in [0.5, 0.6) is 5.75 Å². The Labute approximate surface area is 206 Å². The molecule has 1 unspecified atom stereocenters. The van der Waals surface area contributed by atoms with Gasteiger partial charge in [0, 0.05) is 31.9 Å². The Morgan fingerprint density at radius 1 is 0.971 bits per heavy atom. The Kier molecular flexibility index (Phi) is 7.20. The van der Waals surface area contributed by atoms with Crippen molar-refractivity contribution in [3.8, 4) is 5.75 Å². The van der Waals surface area contributed by atoms with Gasteiger partial charge >= 0.3 is 0 Å². The summed E-state index contributed by atoms with van der Waals surface area (Å²) in [6, 6.07) is 23.5. The van der Waals surface area contributed by atoms with Gasteiger partial charge in [-0.25, -0.2) is 0 Å². The average Bonchev–Trinajstić information content (AvgIpc) is 3.12. The molecule has 6 nitrogen and oxygen atoms in total. The number of nitrogens with zero attached hydrogens (tertiary/aromatic N) is 2. The summed E-state index contributed by atoms with van der Waals surface area (Å²) < 4.78 is 5.70. The molecule has 6 heteroatoms. The molecule has 1 N–H and O–H groups in total. The maximum absolute atomic E-state index is 13.3. The van der Waals surface area contributed by atoms with Gasteiger partial charge in [0.15, 0.2) is 0 Å². The summed E-state index contributed by atoms with van der Waals surface area (Å²) in [6.45, 7) is 2.81. The van der Waals surface area contributed by atoms with E-state index < -0.39 is 17.7 Å². The molecule has 1 fully saturated rings. The fourth-order valence-corrected chi connectivity index (χ4v) is 4.23. The minimum atomic E-state index is -0.716. The Morgan fingerprint density at radius 3 is 2.34 bits per heavy atom. The van der Waals surface area contributed by atoms with Gasteiger partial charge in [-0.1, -0.05) is 61.5 Å². The van der Waals surface area contributed by atoms with E-state index in [-0.39, 0.29) is 17.9 Å². The monoisotopic (exact) mass is 470 g/mol. The molecule has 0 bridgehead atoms. The number of anilines is 1. The third-order valence-electron chi connectivity index (χ3n) is 6.04. The van der Waals surface area contributed by atoms with Gasteiger partial charge in [0.05, 0.1) is 18.2 Å². The Bertz CT molecular complexity index is 1230. The van der Waals surface area contributed by atoms with Crippen LogP contribution in [-0.2, 0) is 16.1 Å². The average molecular weight is 471 g/mol. The van der Waals surface area contributed by atoms with Crippen LogP contribution in [-0.4, -0.2) is 42.4 Å². The highest BCUT2D eigenvalue weighted by atomic mass is 16.5. The molecule has 0 spiro atoms. The van der Waals surface area contributed by atoms with E-state index in [4.69, 9.17) is 4.74 Å². The van der Waals surface area contributed by atoms with E-state index in [1.807, 2.05) is 80.5 Å². The van der Waals surface area contributed by atoms with Crippen molar-refractivity contribution in [3.05, 3.63) is 101 Å². The number of Topliss-reactive ketones (excluding diaryl/α,β-unsaturated/α-hetero) is 1. The van der Waals surface area contributed by atoms with Crippen molar-refractivity contribution in [1.82, 2.24) is 4.90 Å². The molecule has 1 saturated heterocycles. The van der Waals surface area contributed by atoms with Gasteiger partial charge in [-0.15, -0.1) is 0 Å². The standard InChI is InChI=1S/C29H30N2O4/c1-4-17-35-24-12-8-11-22(18-24)27(32)25-26(21-13-15-23(16-14-21)30(2)3)31(29(34)28(25)33)19-20-9-6-5-7-10-20/h5-16,18,26,32H,4,17,19H2,1-3H3/b27-25+. The van der Waals surface area contributed by atoms with Gasteiger partial charge in [0.1, 0.15) is 11.5 Å². The van der Waals surface area contributed by atoms with Crippen LogP contribution in [0.25, 0.3) is 5.76 Å². The fourth-order valence-electron chi connectivity index (χ4n) is 4.23. The van der Waals surface area contributed by atoms with Gasteiger partial charge in [0.25, 0.3) is 11.7 Å². The third-order valence-corrected chi connectivity index (χ3v) is 6.04. The smallest absolute Gasteiger partial charge is 0.295 e. The lowest BCUT2D eigenvalue weighted by Crippen LogP contribution is -2.29. The molecule has 1 amide bonds. The number of carbonyl (C=O) groups excluding carboxylic acids is 2. The zero-order valence-electron chi connectivity index (χ0n) is 20.3. The lowest BCUT2D eigenvalue weighted by molar-refractivity contribution is -0.140. The van der Waals surface area contributed by atoms with E-state index in [9.17, 15) is 14.7 Å². The van der Waals surface area contributed by atoms with E-state index in [2.05, 4.69) is 0 Å². The van der Waals surface area contributed by atoms with Gasteiger partial charge < -0.3 is 19.6 Å². The Hall–Kier alpha value is -4.06. The summed E-state index contributed by atoms with van der Waals surface area (Å²) in [5.41, 5.74) is 3.17. The summed E-state index contributed by atoms with van der Waals surface area (Å²) in [6.07, 6.45) is 0.851. The largest absolute Gasteiger partial charge is 0.507 e. The number of carbonyl (C=O) groups is 2. The van der Waals surface area contributed by atoms with Gasteiger partial charge in [0.2, 0.25) is 0 Å². The molecule has 0 saturated carbocycles. The van der Waals surface area contributed by atoms with Crippen LogP contribution >= 0.6 is 0 Å². The van der Waals surface area contributed by atoms with Crippen LogP contribution in [0.1, 0.15) is 36.1 Å². The molecule has 3 aromatic rings. The highest BCUT2D eigenvalue weighted by Gasteiger charge is 2.46. The van der Waals surface area contributed by atoms with Gasteiger partial charge in [-0.2, -0.15) is 0 Å². The molecule has 0 aliphatic carbocycles. The fraction of sp³-hybridized carbons (Fsp3) is 0.241. The molecular weight excluding hydrogens is 440 g/mol. The first kappa shape index (κ1) is 24.1. The van der Waals surface area contributed by atoms with Crippen molar-refractivity contribution in [2.75, 3.05) is 25.6 Å². The summed E-state index contributed by atoms with van der Waals surface area (Å²) in [7, 11) is 3.90. The number of aliphatic hydroxyl groups excluding tert-OH is 1. The number of benzene rings is 3. The SMILES string of the molecule is CCCOc1cccc(/C(O)=C2\C(=O)C(=O)N(Cc3ccccc3)C2c2ccc(N(C)C)cc2)c1. The van der Waals surface area contributed by atoms with Crippen molar-refractivity contribution in [3.63, 3.8) is 0 Å². The summed E-state index contributed by atoms with van der Waals surface area (Å²) in [4.78, 5) is 30.0.